The predicted molar refractivity (Wildman–Crippen MR) is 68.0 cm³/mol. The van der Waals surface area contributed by atoms with E-state index >= 15 is 0 Å². The fourth-order valence-electron chi connectivity index (χ4n) is 5.28. The molecule has 4 rings (SSSR count). The van der Waals surface area contributed by atoms with Crippen molar-refractivity contribution in [1.82, 2.24) is 0 Å². The molecule has 4 saturated carbocycles. The van der Waals surface area contributed by atoms with Crippen molar-refractivity contribution < 1.29 is 15.0 Å². The van der Waals surface area contributed by atoms with Crippen LogP contribution in [0.3, 0.4) is 0 Å². The second-order valence-corrected chi connectivity index (χ2v) is 7.37. The van der Waals surface area contributed by atoms with Crippen LogP contribution in [0, 0.1) is 29.6 Å². The Bertz CT molecular complexity index is 320. The van der Waals surface area contributed by atoms with Gasteiger partial charge in [-0.3, -0.25) is 4.79 Å². The molecule has 4 bridgehead atoms. The highest BCUT2D eigenvalue weighted by atomic mass is 16.4. The quantitative estimate of drug-likeness (QED) is 0.808. The van der Waals surface area contributed by atoms with Crippen molar-refractivity contribution in [3.63, 3.8) is 0 Å². The SMILES string of the molecule is CC(O)(CC(=O)O)CC1C2CC3CC(C2)CC1C3. The lowest BCUT2D eigenvalue weighted by Crippen LogP contribution is -2.47. The van der Waals surface area contributed by atoms with Gasteiger partial charge in [-0.15, -0.1) is 0 Å². The Morgan fingerprint density at radius 3 is 2.06 bits per heavy atom. The highest BCUT2D eigenvalue weighted by molar-refractivity contribution is 5.68. The zero-order valence-corrected chi connectivity index (χ0v) is 11.1. The van der Waals surface area contributed by atoms with Gasteiger partial charge in [0.05, 0.1) is 12.0 Å². The minimum Gasteiger partial charge on any atom is -0.481 e. The molecule has 3 heteroatoms. The van der Waals surface area contributed by atoms with Crippen molar-refractivity contribution in [2.24, 2.45) is 29.6 Å². The third kappa shape index (κ3) is 2.29. The maximum Gasteiger partial charge on any atom is 0.306 e. The molecule has 0 saturated heterocycles. The van der Waals surface area contributed by atoms with Crippen molar-refractivity contribution in [3.05, 3.63) is 0 Å². The number of rotatable bonds is 4. The number of carboxylic acids is 1. The first-order valence-electron chi connectivity index (χ1n) is 7.37. The molecule has 4 aliphatic rings. The van der Waals surface area contributed by atoms with Crippen LogP contribution in [0.5, 0.6) is 0 Å². The van der Waals surface area contributed by atoms with Crippen LogP contribution in [0.1, 0.15) is 51.9 Å². The zero-order valence-electron chi connectivity index (χ0n) is 11.1. The van der Waals surface area contributed by atoms with E-state index in [0.29, 0.717) is 12.3 Å². The van der Waals surface area contributed by atoms with E-state index in [-0.39, 0.29) is 6.42 Å². The summed E-state index contributed by atoms with van der Waals surface area (Å²) in [5, 5.41) is 19.2. The summed E-state index contributed by atoms with van der Waals surface area (Å²) in [4.78, 5) is 10.8. The van der Waals surface area contributed by atoms with E-state index < -0.39 is 11.6 Å². The number of hydrogen-bond donors (Lipinski definition) is 2. The molecule has 4 fully saturated rings. The van der Waals surface area contributed by atoms with Crippen LogP contribution >= 0.6 is 0 Å². The van der Waals surface area contributed by atoms with Gasteiger partial charge in [0.15, 0.2) is 0 Å². The summed E-state index contributed by atoms with van der Waals surface area (Å²) < 4.78 is 0. The summed E-state index contributed by atoms with van der Waals surface area (Å²) in [6, 6.07) is 0. The molecular formula is C15H24O3. The maximum atomic E-state index is 10.8. The molecule has 1 atom stereocenters. The van der Waals surface area contributed by atoms with E-state index in [4.69, 9.17) is 5.11 Å². The molecule has 3 nitrogen and oxygen atoms in total. The molecular weight excluding hydrogens is 228 g/mol. The lowest BCUT2D eigenvalue weighted by atomic mass is 9.50. The van der Waals surface area contributed by atoms with E-state index in [2.05, 4.69) is 0 Å². The number of hydrogen-bond acceptors (Lipinski definition) is 2. The first-order chi connectivity index (χ1) is 8.43. The minimum absolute atomic E-state index is 0.115. The van der Waals surface area contributed by atoms with E-state index in [9.17, 15) is 9.90 Å². The van der Waals surface area contributed by atoms with Crippen LogP contribution in [0.2, 0.25) is 0 Å². The van der Waals surface area contributed by atoms with Crippen molar-refractivity contribution in [1.29, 1.82) is 0 Å². The number of aliphatic hydroxyl groups is 1. The van der Waals surface area contributed by atoms with Gasteiger partial charge in [0.1, 0.15) is 0 Å². The minimum atomic E-state index is -1.02. The summed E-state index contributed by atoms with van der Waals surface area (Å²) in [6.07, 6.45) is 7.35. The summed E-state index contributed by atoms with van der Waals surface area (Å²) in [7, 11) is 0. The van der Waals surface area contributed by atoms with E-state index in [1.165, 1.54) is 32.1 Å². The van der Waals surface area contributed by atoms with Gasteiger partial charge in [-0.1, -0.05) is 0 Å². The second kappa shape index (κ2) is 4.22. The van der Waals surface area contributed by atoms with Crippen molar-refractivity contribution in [3.8, 4) is 0 Å². The van der Waals surface area contributed by atoms with Crippen LogP contribution in [0.25, 0.3) is 0 Å². The molecule has 0 amide bonds. The van der Waals surface area contributed by atoms with Crippen molar-refractivity contribution in [2.45, 2.75) is 57.5 Å². The highest BCUT2D eigenvalue weighted by Gasteiger charge is 2.49. The third-order valence-corrected chi connectivity index (χ3v) is 5.63. The van der Waals surface area contributed by atoms with Gasteiger partial charge in [-0.25, -0.2) is 0 Å². The average molecular weight is 252 g/mol. The Balaban J connectivity index is 1.68. The molecule has 0 aliphatic heterocycles. The maximum absolute atomic E-state index is 10.8. The molecule has 102 valence electrons. The summed E-state index contributed by atoms with van der Waals surface area (Å²) in [5.41, 5.74) is -1.02. The third-order valence-electron chi connectivity index (χ3n) is 5.63. The zero-order chi connectivity index (χ0) is 12.9. The molecule has 0 aromatic heterocycles. The molecule has 0 heterocycles. The first kappa shape index (κ1) is 12.5. The van der Waals surface area contributed by atoms with Gasteiger partial charge < -0.3 is 10.2 Å². The predicted octanol–water partition coefficient (Wildman–Crippen LogP) is 2.67. The van der Waals surface area contributed by atoms with Gasteiger partial charge in [-0.05, 0) is 75.0 Å². The Hall–Kier alpha value is -0.570. The fourth-order valence-corrected chi connectivity index (χ4v) is 5.28. The summed E-state index contributed by atoms with van der Waals surface area (Å²) in [6.45, 7) is 1.70. The standard InChI is InChI=1S/C15H24O3/c1-15(18,8-14(16)17)7-13-11-3-9-2-10(5-11)6-12(13)4-9/h9-13,18H,2-8H2,1H3,(H,16,17). The largest absolute Gasteiger partial charge is 0.481 e. The Morgan fingerprint density at radius 1 is 1.11 bits per heavy atom. The van der Waals surface area contributed by atoms with Gasteiger partial charge in [0.25, 0.3) is 0 Å². The van der Waals surface area contributed by atoms with Crippen LogP contribution in [0.15, 0.2) is 0 Å². The molecule has 0 aromatic rings. The summed E-state index contributed by atoms with van der Waals surface area (Å²) >= 11 is 0. The molecule has 1 unspecified atom stereocenters. The van der Waals surface area contributed by atoms with Crippen LogP contribution in [-0.4, -0.2) is 21.8 Å². The van der Waals surface area contributed by atoms with E-state index in [1.54, 1.807) is 6.92 Å². The van der Waals surface area contributed by atoms with Crippen LogP contribution < -0.4 is 0 Å². The molecule has 18 heavy (non-hydrogen) atoms. The lowest BCUT2D eigenvalue weighted by Gasteiger charge is -2.55. The van der Waals surface area contributed by atoms with E-state index in [1.807, 2.05) is 0 Å². The highest BCUT2D eigenvalue weighted by Crippen LogP contribution is 2.58. The fraction of sp³-hybridized carbons (Fsp3) is 0.933. The molecule has 4 aliphatic carbocycles. The molecule has 2 N–H and O–H groups in total. The summed E-state index contributed by atoms with van der Waals surface area (Å²) in [5.74, 6) is 3.10. The molecule has 0 radical (unpaired) electrons. The number of carboxylic acid groups (broad SMARTS) is 1. The Morgan fingerprint density at radius 2 is 1.61 bits per heavy atom. The number of aliphatic carboxylic acids is 1. The van der Waals surface area contributed by atoms with Crippen LogP contribution in [0.4, 0.5) is 0 Å². The van der Waals surface area contributed by atoms with Crippen molar-refractivity contribution >= 4 is 5.97 Å². The lowest BCUT2D eigenvalue weighted by molar-refractivity contribution is -0.144. The molecule has 0 aromatic carbocycles. The monoisotopic (exact) mass is 252 g/mol. The normalized spacial score (nSPS) is 44.9. The topological polar surface area (TPSA) is 57.5 Å². The van der Waals surface area contributed by atoms with Gasteiger partial charge in [0.2, 0.25) is 0 Å². The van der Waals surface area contributed by atoms with Gasteiger partial charge >= 0.3 is 5.97 Å². The van der Waals surface area contributed by atoms with Gasteiger partial charge in [0, 0.05) is 0 Å². The number of carbonyl (C=O) groups is 1. The Kier molecular flexibility index (Phi) is 2.92. The average Bonchev–Trinajstić information content (AvgIpc) is 2.20. The first-order valence-corrected chi connectivity index (χ1v) is 7.37. The van der Waals surface area contributed by atoms with Crippen LogP contribution in [-0.2, 0) is 4.79 Å². The second-order valence-electron chi connectivity index (χ2n) is 7.37. The van der Waals surface area contributed by atoms with Gasteiger partial charge in [-0.2, -0.15) is 0 Å². The smallest absolute Gasteiger partial charge is 0.306 e. The van der Waals surface area contributed by atoms with E-state index in [0.717, 1.165) is 23.7 Å². The van der Waals surface area contributed by atoms with Crippen molar-refractivity contribution in [2.75, 3.05) is 0 Å². The molecule has 0 spiro atoms. The Labute approximate surface area is 109 Å².